The number of rotatable bonds is 1. The second-order valence-corrected chi connectivity index (χ2v) is 4.08. The number of phenolic OH excluding ortho intramolecular Hbond substituents is 1. The van der Waals surface area contributed by atoms with E-state index >= 15 is 0 Å². The zero-order valence-corrected chi connectivity index (χ0v) is 9.30. The maximum Gasteiger partial charge on any atom is 0.123 e. The highest BCUT2D eigenvalue weighted by Crippen LogP contribution is 2.30. The molecule has 0 bridgehead atoms. The molecular formula is C16H12O. The van der Waals surface area contributed by atoms with Crippen LogP contribution in [0.1, 0.15) is 0 Å². The Bertz CT molecular complexity index is 671. The zero-order valence-electron chi connectivity index (χ0n) is 9.30. The van der Waals surface area contributed by atoms with Gasteiger partial charge in [-0.3, -0.25) is 0 Å². The number of hydrogen-bond acceptors (Lipinski definition) is 1. The first-order chi connectivity index (χ1) is 8.34. The molecular weight excluding hydrogens is 208 g/mol. The van der Waals surface area contributed by atoms with Crippen molar-refractivity contribution in [1.82, 2.24) is 0 Å². The van der Waals surface area contributed by atoms with Gasteiger partial charge in [0.25, 0.3) is 0 Å². The monoisotopic (exact) mass is 220 g/mol. The Hall–Kier alpha value is -2.28. The molecule has 17 heavy (non-hydrogen) atoms. The van der Waals surface area contributed by atoms with Gasteiger partial charge in [0.05, 0.1) is 0 Å². The molecule has 0 unspecified atom stereocenters. The molecule has 0 aromatic heterocycles. The van der Waals surface area contributed by atoms with Gasteiger partial charge in [0.15, 0.2) is 0 Å². The number of aromatic hydroxyl groups is 1. The Kier molecular flexibility index (Phi) is 2.30. The quantitative estimate of drug-likeness (QED) is 0.651. The van der Waals surface area contributed by atoms with Gasteiger partial charge in [-0.25, -0.2) is 0 Å². The van der Waals surface area contributed by atoms with Gasteiger partial charge in [0.2, 0.25) is 0 Å². The van der Waals surface area contributed by atoms with Crippen molar-refractivity contribution in [2.45, 2.75) is 0 Å². The lowest BCUT2D eigenvalue weighted by molar-refractivity contribution is 0.477. The first-order valence-electron chi connectivity index (χ1n) is 5.62. The molecule has 0 spiro atoms. The molecule has 3 aromatic rings. The summed E-state index contributed by atoms with van der Waals surface area (Å²) in [7, 11) is 0. The molecule has 0 heterocycles. The average Bonchev–Trinajstić information content (AvgIpc) is 2.39. The molecule has 0 aliphatic carbocycles. The number of para-hydroxylation sites is 1. The van der Waals surface area contributed by atoms with Gasteiger partial charge in [0, 0.05) is 5.56 Å². The van der Waals surface area contributed by atoms with Crippen LogP contribution >= 0.6 is 0 Å². The Balaban J connectivity index is 2.22. The van der Waals surface area contributed by atoms with Crippen molar-refractivity contribution in [2.24, 2.45) is 0 Å². The summed E-state index contributed by atoms with van der Waals surface area (Å²) >= 11 is 0. The molecule has 0 aliphatic heterocycles. The van der Waals surface area contributed by atoms with Crippen LogP contribution in [-0.4, -0.2) is 5.11 Å². The van der Waals surface area contributed by atoms with Crippen LogP contribution in [0.15, 0.2) is 66.7 Å². The highest BCUT2D eigenvalue weighted by molar-refractivity contribution is 5.88. The minimum atomic E-state index is 0.322. The Morgan fingerprint density at radius 3 is 2.18 bits per heavy atom. The van der Waals surface area contributed by atoms with E-state index in [1.165, 1.54) is 10.8 Å². The van der Waals surface area contributed by atoms with Crippen molar-refractivity contribution in [3.8, 4) is 16.9 Å². The van der Waals surface area contributed by atoms with E-state index in [2.05, 4.69) is 24.3 Å². The molecule has 0 amide bonds. The topological polar surface area (TPSA) is 20.2 Å². The Labute approximate surface area is 100.0 Å². The van der Waals surface area contributed by atoms with Crippen molar-refractivity contribution in [3.05, 3.63) is 66.7 Å². The number of fused-ring (bicyclic) bond motifs is 1. The van der Waals surface area contributed by atoms with E-state index in [1.54, 1.807) is 6.07 Å². The molecule has 0 radical (unpaired) electrons. The summed E-state index contributed by atoms with van der Waals surface area (Å²) in [5.41, 5.74) is 1.92. The normalized spacial score (nSPS) is 10.6. The molecule has 82 valence electrons. The van der Waals surface area contributed by atoms with Gasteiger partial charge in [-0.1, -0.05) is 54.6 Å². The van der Waals surface area contributed by atoms with Gasteiger partial charge >= 0.3 is 0 Å². The Morgan fingerprint density at radius 2 is 1.35 bits per heavy atom. The summed E-state index contributed by atoms with van der Waals surface area (Å²) in [5.74, 6) is 0.322. The first-order valence-corrected chi connectivity index (χ1v) is 5.62. The number of benzene rings is 3. The predicted molar refractivity (Wildman–Crippen MR) is 71.0 cm³/mol. The van der Waals surface area contributed by atoms with Crippen LogP contribution in [-0.2, 0) is 0 Å². The standard InChI is InChI=1S/C16H12O/c17-16-8-4-3-7-15(16)14-10-9-12-5-1-2-6-13(12)11-14/h1-11,17H. The molecule has 1 nitrogen and oxygen atoms in total. The molecule has 0 saturated carbocycles. The fraction of sp³-hybridized carbons (Fsp3) is 0. The van der Waals surface area contributed by atoms with Crippen LogP contribution in [0.5, 0.6) is 5.75 Å². The summed E-state index contributed by atoms with van der Waals surface area (Å²) in [6.45, 7) is 0. The minimum Gasteiger partial charge on any atom is -0.507 e. The SMILES string of the molecule is Oc1ccccc1-c1ccc2ccccc2c1. The van der Waals surface area contributed by atoms with Gasteiger partial charge in [-0.2, -0.15) is 0 Å². The molecule has 0 fully saturated rings. The molecule has 0 saturated heterocycles. The lowest BCUT2D eigenvalue weighted by Gasteiger charge is -2.06. The van der Waals surface area contributed by atoms with E-state index in [1.807, 2.05) is 36.4 Å². The number of hydrogen-bond donors (Lipinski definition) is 1. The third kappa shape index (κ3) is 1.76. The van der Waals surface area contributed by atoms with E-state index in [4.69, 9.17) is 0 Å². The van der Waals surface area contributed by atoms with Crippen molar-refractivity contribution in [3.63, 3.8) is 0 Å². The highest BCUT2D eigenvalue weighted by atomic mass is 16.3. The maximum atomic E-state index is 9.84. The van der Waals surface area contributed by atoms with Crippen molar-refractivity contribution < 1.29 is 5.11 Å². The third-order valence-corrected chi connectivity index (χ3v) is 2.96. The lowest BCUT2D eigenvalue weighted by atomic mass is 10.0. The first kappa shape index (κ1) is 9.91. The molecule has 3 rings (SSSR count). The third-order valence-electron chi connectivity index (χ3n) is 2.96. The van der Waals surface area contributed by atoms with Crippen molar-refractivity contribution in [2.75, 3.05) is 0 Å². The Morgan fingerprint density at radius 1 is 0.647 bits per heavy atom. The number of phenols is 1. The van der Waals surface area contributed by atoms with Gasteiger partial charge in [0.1, 0.15) is 5.75 Å². The summed E-state index contributed by atoms with van der Waals surface area (Å²) in [5, 5.41) is 12.2. The smallest absolute Gasteiger partial charge is 0.123 e. The summed E-state index contributed by atoms with van der Waals surface area (Å²) in [6.07, 6.45) is 0. The van der Waals surface area contributed by atoms with E-state index in [-0.39, 0.29) is 0 Å². The molecule has 0 aliphatic rings. The van der Waals surface area contributed by atoms with Crippen molar-refractivity contribution >= 4 is 10.8 Å². The van der Waals surface area contributed by atoms with Crippen LogP contribution in [0.2, 0.25) is 0 Å². The maximum absolute atomic E-state index is 9.84. The molecule has 0 atom stereocenters. The van der Waals surface area contributed by atoms with Crippen molar-refractivity contribution in [1.29, 1.82) is 0 Å². The summed E-state index contributed by atoms with van der Waals surface area (Å²) in [4.78, 5) is 0. The fourth-order valence-corrected chi connectivity index (χ4v) is 2.07. The van der Waals surface area contributed by atoms with E-state index < -0.39 is 0 Å². The summed E-state index contributed by atoms with van der Waals surface area (Å²) < 4.78 is 0. The van der Waals surface area contributed by atoms with E-state index in [9.17, 15) is 5.11 Å². The largest absolute Gasteiger partial charge is 0.507 e. The molecule has 1 N–H and O–H groups in total. The van der Waals surface area contributed by atoms with Gasteiger partial charge in [-0.05, 0) is 28.5 Å². The minimum absolute atomic E-state index is 0.322. The lowest BCUT2D eigenvalue weighted by Crippen LogP contribution is -1.79. The summed E-state index contributed by atoms with van der Waals surface area (Å²) in [6, 6.07) is 21.9. The predicted octanol–water partition coefficient (Wildman–Crippen LogP) is 4.21. The average molecular weight is 220 g/mol. The zero-order chi connectivity index (χ0) is 11.7. The van der Waals surface area contributed by atoms with E-state index in [0.29, 0.717) is 5.75 Å². The van der Waals surface area contributed by atoms with Crippen LogP contribution in [0.3, 0.4) is 0 Å². The van der Waals surface area contributed by atoms with Gasteiger partial charge in [-0.15, -0.1) is 0 Å². The fourth-order valence-electron chi connectivity index (χ4n) is 2.07. The van der Waals surface area contributed by atoms with Gasteiger partial charge < -0.3 is 5.11 Å². The molecule has 3 aromatic carbocycles. The highest BCUT2D eigenvalue weighted by Gasteiger charge is 2.03. The van der Waals surface area contributed by atoms with Crippen LogP contribution in [0.4, 0.5) is 0 Å². The van der Waals surface area contributed by atoms with Crippen LogP contribution in [0, 0.1) is 0 Å². The second kappa shape index (κ2) is 3.95. The van der Waals surface area contributed by atoms with Crippen LogP contribution < -0.4 is 0 Å². The van der Waals surface area contributed by atoms with E-state index in [0.717, 1.165) is 11.1 Å². The second-order valence-electron chi connectivity index (χ2n) is 4.08. The molecule has 1 heteroatoms. The van der Waals surface area contributed by atoms with Crippen LogP contribution in [0.25, 0.3) is 21.9 Å².